The first-order chi connectivity index (χ1) is 6.86. The van der Waals surface area contributed by atoms with Crippen LogP contribution in [-0.2, 0) is 10.3 Å². The molecule has 82 valence electrons. The molecule has 0 aromatic carbocycles. The number of nitrogens with zero attached hydrogens (tertiary/aromatic N) is 2. The highest BCUT2D eigenvalue weighted by molar-refractivity contribution is 6.66. The lowest BCUT2D eigenvalue weighted by Gasteiger charge is -2.13. The summed E-state index contributed by atoms with van der Waals surface area (Å²) < 4.78 is -0.279. The summed E-state index contributed by atoms with van der Waals surface area (Å²) in [5, 5.41) is 0. The molecule has 1 rings (SSSR count). The molecule has 1 aromatic heterocycles. The first kappa shape index (κ1) is 12.6. The van der Waals surface area contributed by atoms with E-state index in [2.05, 4.69) is 11.6 Å². The largest absolute Gasteiger partial charge is 0.348 e. The van der Waals surface area contributed by atoms with Gasteiger partial charge in [-0.1, -0.05) is 40.9 Å². The van der Waals surface area contributed by atoms with Gasteiger partial charge in [-0.25, -0.2) is 4.79 Å². The van der Waals surface area contributed by atoms with Gasteiger partial charge in [0.1, 0.15) is 5.69 Å². The summed E-state index contributed by atoms with van der Waals surface area (Å²) >= 11 is 17.0. The van der Waals surface area contributed by atoms with Gasteiger partial charge in [0.25, 0.3) is 0 Å². The third-order valence-corrected chi connectivity index (χ3v) is 2.31. The van der Waals surface area contributed by atoms with Gasteiger partial charge in [0.05, 0.1) is 0 Å². The van der Waals surface area contributed by atoms with Crippen LogP contribution in [0.4, 0.5) is 0 Å². The van der Waals surface area contributed by atoms with Crippen LogP contribution in [0.15, 0.2) is 23.6 Å². The molecule has 1 aromatic rings. The van der Waals surface area contributed by atoms with Gasteiger partial charge >= 0.3 is 5.69 Å². The smallest absolute Gasteiger partial charge is 0.295 e. The van der Waals surface area contributed by atoms with Crippen LogP contribution in [0.25, 0.3) is 0 Å². The Morgan fingerprint density at radius 3 is 2.67 bits per heavy atom. The predicted molar refractivity (Wildman–Crippen MR) is 62.7 cm³/mol. The second-order valence-corrected chi connectivity index (χ2v) is 5.28. The molecule has 1 heterocycles. The summed E-state index contributed by atoms with van der Waals surface area (Å²) in [4.78, 5) is 15.2. The molecule has 0 unspecified atom stereocenters. The SMILES string of the molecule is C=CCn1cc(C)c(C(Cl)(Cl)Cl)nc1=O. The van der Waals surface area contributed by atoms with Gasteiger partial charge in [0, 0.05) is 12.7 Å². The van der Waals surface area contributed by atoms with Crippen LogP contribution in [0.3, 0.4) is 0 Å². The Morgan fingerprint density at radius 1 is 1.60 bits per heavy atom. The summed E-state index contributed by atoms with van der Waals surface area (Å²) in [7, 11) is 0. The maximum atomic E-state index is 11.5. The zero-order valence-corrected chi connectivity index (χ0v) is 10.3. The van der Waals surface area contributed by atoms with Crippen molar-refractivity contribution in [2.24, 2.45) is 0 Å². The van der Waals surface area contributed by atoms with Crippen LogP contribution in [0, 0.1) is 6.92 Å². The second kappa shape index (κ2) is 4.56. The molecule has 0 amide bonds. The highest BCUT2D eigenvalue weighted by atomic mass is 35.6. The molecule has 15 heavy (non-hydrogen) atoms. The molecule has 0 radical (unpaired) electrons. The van der Waals surface area contributed by atoms with Gasteiger partial charge in [0.2, 0.25) is 3.79 Å². The van der Waals surface area contributed by atoms with Gasteiger partial charge in [0.15, 0.2) is 0 Å². The second-order valence-electron chi connectivity index (χ2n) is 2.99. The fourth-order valence-electron chi connectivity index (χ4n) is 1.15. The molecule has 0 bridgehead atoms. The van der Waals surface area contributed by atoms with Crippen molar-refractivity contribution >= 4 is 34.8 Å². The van der Waals surface area contributed by atoms with Crippen molar-refractivity contribution in [1.82, 2.24) is 9.55 Å². The highest BCUT2D eigenvalue weighted by Crippen LogP contribution is 2.37. The monoisotopic (exact) mass is 266 g/mol. The van der Waals surface area contributed by atoms with Gasteiger partial charge < -0.3 is 0 Å². The molecule has 0 aliphatic heterocycles. The summed E-state index contributed by atoms with van der Waals surface area (Å²) in [6.07, 6.45) is 3.19. The Labute approximate surface area is 102 Å². The van der Waals surface area contributed by atoms with E-state index in [1.807, 2.05) is 0 Å². The topological polar surface area (TPSA) is 34.9 Å². The fraction of sp³-hybridized carbons (Fsp3) is 0.333. The lowest BCUT2D eigenvalue weighted by atomic mass is 10.3. The Balaban J connectivity index is 3.32. The Hall–Kier alpha value is -0.510. The van der Waals surface area contributed by atoms with E-state index in [1.54, 1.807) is 19.2 Å². The molecular weight excluding hydrogens is 258 g/mol. The van der Waals surface area contributed by atoms with Gasteiger partial charge in [-0.3, -0.25) is 4.57 Å². The van der Waals surface area contributed by atoms with Gasteiger partial charge in [-0.2, -0.15) is 4.98 Å². The maximum Gasteiger partial charge on any atom is 0.348 e. The minimum atomic E-state index is -1.67. The van der Waals surface area contributed by atoms with Crippen molar-refractivity contribution in [2.45, 2.75) is 17.3 Å². The maximum absolute atomic E-state index is 11.5. The first-order valence-corrected chi connectivity index (χ1v) is 5.26. The number of alkyl halides is 3. The predicted octanol–water partition coefficient (Wildman–Crippen LogP) is 2.56. The number of hydrogen-bond acceptors (Lipinski definition) is 2. The summed E-state index contributed by atoms with van der Waals surface area (Å²) in [6, 6.07) is 0. The lowest BCUT2D eigenvalue weighted by Crippen LogP contribution is -2.26. The molecule has 0 saturated heterocycles. The summed E-state index contributed by atoms with van der Waals surface area (Å²) in [5.74, 6) is 0. The molecule has 0 fully saturated rings. The average Bonchev–Trinajstić information content (AvgIpc) is 2.09. The fourth-order valence-corrected chi connectivity index (χ4v) is 1.73. The van der Waals surface area contributed by atoms with Crippen molar-refractivity contribution in [3.05, 3.63) is 40.6 Å². The third kappa shape index (κ3) is 2.97. The number of rotatable bonds is 2. The van der Waals surface area contributed by atoms with Crippen LogP contribution in [0.2, 0.25) is 0 Å². The van der Waals surface area contributed by atoms with Crippen molar-refractivity contribution < 1.29 is 0 Å². The molecule has 3 nitrogen and oxygen atoms in total. The quantitative estimate of drug-likeness (QED) is 0.610. The summed E-state index contributed by atoms with van der Waals surface area (Å²) in [6.45, 7) is 5.64. The minimum absolute atomic E-state index is 0.165. The first-order valence-electron chi connectivity index (χ1n) is 4.12. The zero-order chi connectivity index (χ0) is 11.6. The van der Waals surface area contributed by atoms with Crippen molar-refractivity contribution in [2.75, 3.05) is 0 Å². The Morgan fingerprint density at radius 2 is 2.20 bits per heavy atom. The van der Waals surface area contributed by atoms with E-state index in [9.17, 15) is 4.79 Å². The number of halogens is 3. The molecule has 0 aliphatic rings. The number of aryl methyl sites for hydroxylation is 1. The van der Waals surface area contributed by atoms with E-state index in [0.29, 0.717) is 12.1 Å². The zero-order valence-electron chi connectivity index (χ0n) is 8.01. The Kier molecular flexibility index (Phi) is 3.82. The number of allylic oxidation sites excluding steroid dienone is 1. The van der Waals surface area contributed by atoms with Crippen molar-refractivity contribution in [3.8, 4) is 0 Å². The lowest BCUT2D eigenvalue weighted by molar-refractivity contribution is 0.723. The van der Waals surface area contributed by atoms with Crippen LogP contribution >= 0.6 is 34.8 Å². The number of hydrogen-bond donors (Lipinski definition) is 0. The summed E-state index contributed by atoms with van der Waals surface area (Å²) in [5.41, 5.74) is 0.357. The molecule has 0 atom stereocenters. The molecular formula is C9H9Cl3N2O. The van der Waals surface area contributed by atoms with Crippen LogP contribution in [0.5, 0.6) is 0 Å². The van der Waals surface area contributed by atoms with Crippen molar-refractivity contribution in [1.29, 1.82) is 0 Å². The molecule has 0 aliphatic carbocycles. The van der Waals surface area contributed by atoms with Crippen LogP contribution in [0.1, 0.15) is 11.3 Å². The van der Waals surface area contributed by atoms with E-state index in [0.717, 1.165) is 0 Å². The standard InChI is InChI=1S/C9H9Cl3N2O/c1-3-4-14-5-6(2)7(9(10,11)12)13-8(14)15/h3,5H,1,4H2,2H3. The van der Waals surface area contributed by atoms with E-state index >= 15 is 0 Å². The minimum Gasteiger partial charge on any atom is -0.295 e. The van der Waals surface area contributed by atoms with Gasteiger partial charge in [-0.05, 0) is 12.5 Å². The third-order valence-electron chi connectivity index (χ3n) is 1.77. The highest BCUT2D eigenvalue weighted by Gasteiger charge is 2.27. The Bertz CT molecular complexity index is 434. The van der Waals surface area contributed by atoms with Gasteiger partial charge in [-0.15, -0.1) is 6.58 Å². The molecule has 0 saturated carbocycles. The normalized spacial score (nSPS) is 11.5. The van der Waals surface area contributed by atoms with E-state index in [-0.39, 0.29) is 5.69 Å². The van der Waals surface area contributed by atoms with E-state index in [1.165, 1.54) is 4.57 Å². The van der Waals surface area contributed by atoms with Crippen LogP contribution < -0.4 is 5.69 Å². The molecule has 0 N–H and O–H groups in total. The van der Waals surface area contributed by atoms with Crippen molar-refractivity contribution in [3.63, 3.8) is 0 Å². The molecule has 6 heteroatoms. The van der Waals surface area contributed by atoms with Crippen LogP contribution in [-0.4, -0.2) is 9.55 Å². The number of aromatic nitrogens is 2. The average molecular weight is 268 g/mol. The molecule has 0 spiro atoms. The van der Waals surface area contributed by atoms with E-state index in [4.69, 9.17) is 34.8 Å². The van der Waals surface area contributed by atoms with E-state index < -0.39 is 9.48 Å².